The third kappa shape index (κ3) is 3.91. The second-order valence-corrected chi connectivity index (χ2v) is 9.20. The normalized spacial score (nSPS) is 16.0. The van der Waals surface area contributed by atoms with Crippen molar-refractivity contribution in [3.05, 3.63) is 45.1 Å². The van der Waals surface area contributed by atoms with E-state index in [0.29, 0.717) is 33.6 Å². The smallest absolute Gasteiger partial charge is 0.313 e. The standard InChI is InChI=1S/C21H22N2O4S2/c1-3-27-14-7-5-13(6-8-14)23-20(26)18-15-9-4-12(2)10-16(15)29-19(18)22-21(23)28-11-17(24)25/h5-8,12H,3-4,9-11H2,1-2H3,(H,24,25). The molecule has 0 fully saturated rings. The van der Waals surface area contributed by atoms with E-state index in [-0.39, 0.29) is 11.3 Å². The lowest BCUT2D eigenvalue weighted by molar-refractivity contribution is -0.133. The van der Waals surface area contributed by atoms with E-state index in [1.165, 1.54) is 9.44 Å². The number of carboxylic acids is 1. The summed E-state index contributed by atoms with van der Waals surface area (Å²) in [5.74, 6) is 0.225. The molecule has 6 nitrogen and oxygen atoms in total. The van der Waals surface area contributed by atoms with Crippen molar-refractivity contribution in [1.82, 2.24) is 9.55 Å². The Labute approximate surface area is 176 Å². The molecule has 0 amide bonds. The molecule has 2 heterocycles. The first kappa shape index (κ1) is 20.0. The molecule has 3 aromatic rings. The van der Waals surface area contributed by atoms with Crippen molar-refractivity contribution in [3.8, 4) is 11.4 Å². The molecule has 1 N–H and O–H groups in total. The molecule has 0 bridgehead atoms. The van der Waals surface area contributed by atoms with E-state index in [1.807, 2.05) is 31.2 Å². The minimum atomic E-state index is -0.943. The Morgan fingerprint density at radius 3 is 2.83 bits per heavy atom. The van der Waals surface area contributed by atoms with E-state index in [2.05, 4.69) is 6.92 Å². The monoisotopic (exact) mass is 430 g/mol. The number of thiophene rings is 1. The Morgan fingerprint density at radius 2 is 2.14 bits per heavy atom. The number of rotatable bonds is 6. The SMILES string of the molecule is CCOc1ccc(-n2c(SCC(=O)O)nc3sc4c(c3c2=O)CCC(C)C4)cc1. The van der Waals surface area contributed by atoms with E-state index in [0.717, 1.165) is 42.3 Å². The Kier molecular flexibility index (Phi) is 5.65. The van der Waals surface area contributed by atoms with Crippen molar-refractivity contribution in [3.63, 3.8) is 0 Å². The van der Waals surface area contributed by atoms with Gasteiger partial charge in [-0.15, -0.1) is 11.3 Å². The lowest BCUT2D eigenvalue weighted by Crippen LogP contribution is -2.23. The Hall–Kier alpha value is -2.32. The summed E-state index contributed by atoms with van der Waals surface area (Å²) in [4.78, 5) is 31.4. The van der Waals surface area contributed by atoms with E-state index in [9.17, 15) is 9.59 Å². The van der Waals surface area contributed by atoms with Crippen molar-refractivity contribution in [2.24, 2.45) is 5.92 Å². The zero-order chi connectivity index (χ0) is 20.5. The molecule has 0 saturated carbocycles. The van der Waals surface area contributed by atoms with E-state index >= 15 is 0 Å². The van der Waals surface area contributed by atoms with Gasteiger partial charge in [0, 0.05) is 4.88 Å². The number of aliphatic carboxylic acids is 1. The van der Waals surface area contributed by atoms with Gasteiger partial charge in [0.1, 0.15) is 10.6 Å². The average molecular weight is 431 g/mol. The highest BCUT2D eigenvalue weighted by molar-refractivity contribution is 7.99. The molecule has 29 heavy (non-hydrogen) atoms. The fourth-order valence-electron chi connectivity index (χ4n) is 3.68. The fourth-order valence-corrected chi connectivity index (χ4v) is 5.84. The second kappa shape index (κ2) is 8.20. The number of fused-ring (bicyclic) bond motifs is 3. The highest BCUT2D eigenvalue weighted by Crippen LogP contribution is 2.37. The molecule has 2 aromatic heterocycles. The summed E-state index contributed by atoms with van der Waals surface area (Å²) in [7, 11) is 0. The molecule has 0 saturated heterocycles. The maximum atomic E-state index is 13.6. The van der Waals surface area contributed by atoms with Crippen LogP contribution in [0.4, 0.5) is 0 Å². The van der Waals surface area contributed by atoms with Gasteiger partial charge < -0.3 is 9.84 Å². The van der Waals surface area contributed by atoms with Gasteiger partial charge in [0.05, 0.1) is 23.4 Å². The average Bonchev–Trinajstić information content (AvgIpc) is 3.05. The minimum absolute atomic E-state index is 0.126. The summed E-state index contributed by atoms with van der Waals surface area (Å²) >= 11 is 2.64. The molecule has 1 aromatic carbocycles. The fraction of sp³-hybridized carbons (Fsp3) is 0.381. The van der Waals surface area contributed by atoms with Crippen LogP contribution in [0.3, 0.4) is 0 Å². The number of benzene rings is 1. The molecule has 1 atom stereocenters. The summed E-state index contributed by atoms with van der Waals surface area (Å²) in [5, 5.41) is 10.2. The van der Waals surface area contributed by atoms with Gasteiger partial charge in [0.25, 0.3) is 5.56 Å². The van der Waals surface area contributed by atoms with Gasteiger partial charge in [-0.3, -0.25) is 14.2 Å². The molecule has 0 aliphatic heterocycles. The third-order valence-electron chi connectivity index (χ3n) is 5.03. The van der Waals surface area contributed by atoms with Crippen LogP contribution in [0.1, 0.15) is 30.7 Å². The Bertz CT molecular complexity index is 1120. The zero-order valence-electron chi connectivity index (χ0n) is 16.3. The van der Waals surface area contributed by atoms with Crippen molar-refractivity contribution in [2.75, 3.05) is 12.4 Å². The number of carbonyl (C=O) groups is 1. The van der Waals surface area contributed by atoms with Gasteiger partial charge in [-0.1, -0.05) is 18.7 Å². The molecule has 1 aliphatic rings. The molecule has 1 unspecified atom stereocenters. The zero-order valence-corrected chi connectivity index (χ0v) is 17.9. The van der Waals surface area contributed by atoms with Crippen molar-refractivity contribution < 1.29 is 14.6 Å². The highest BCUT2D eigenvalue weighted by Gasteiger charge is 2.25. The summed E-state index contributed by atoms with van der Waals surface area (Å²) < 4.78 is 7.03. The molecule has 152 valence electrons. The number of hydrogen-bond donors (Lipinski definition) is 1. The van der Waals surface area contributed by atoms with Crippen LogP contribution in [-0.2, 0) is 17.6 Å². The van der Waals surface area contributed by atoms with Gasteiger partial charge in [0.15, 0.2) is 5.16 Å². The van der Waals surface area contributed by atoms with Gasteiger partial charge >= 0.3 is 5.97 Å². The van der Waals surface area contributed by atoms with Crippen LogP contribution >= 0.6 is 23.1 Å². The minimum Gasteiger partial charge on any atom is -0.494 e. The summed E-state index contributed by atoms with van der Waals surface area (Å²) in [6.07, 6.45) is 2.92. The van der Waals surface area contributed by atoms with Crippen molar-refractivity contribution in [2.45, 2.75) is 38.3 Å². The quantitative estimate of drug-likeness (QED) is 0.467. The number of ether oxygens (including phenoxy) is 1. The van der Waals surface area contributed by atoms with Crippen LogP contribution in [0, 0.1) is 5.92 Å². The predicted octanol–water partition coefficient (Wildman–Crippen LogP) is 4.15. The highest BCUT2D eigenvalue weighted by atomic mass is 32.2. The van der Waals surface area contributed by atoms with Gasteiger partial charge in [0.2, 0.25) is 0 Å². The predicted molar refractivity (Wildman–Crippen MR) is 116 cm³/mol. The number of thioether (sulfide) groups is 1. The number of nitrogens with zero attached hydrogens (tertiary/aromatic N) is 2. The molecular formula is C21H22N2O4S2. The summed E-state index contributed by atoms with van der Waals surface area (Å²) in [6, 6.07) is 7.25. The van der Waals surface area contributed by atoms with Crippen molar-refractivity contribution >= 4 is 39.3 Å². The van der Waals surface area contributed by atoms with Crippen LogP contribution in [0.5, 0.6) is 5.75 Å². The van der Waals surface area contributed by atoms with Crippen LogP contribution in [0.2, 0.25) is 0 Å². The summed E-state index contributed by atoms with van der Waals surface area (Å²) in [6.45, 7) is 4.70. The molecule has 1 aliphatic carbocycles. The lowest BCUT2D eigenvalue weighted by atomic mass is 9.89. The first-order valence-electron chi connectivity index (χ1n) is 9.63. The van der Waals surface area contributed by atoms with Crippen LogP contribution < -0.4 is 10.3 Å². The molecule has 4 rings (SSSR count). The van der Waals surface area contributed by atoms with E-state index < -0.39 is 5.97 Å². The molecule has 8 heteroatoms. The van der Waals surface area contributed by atoms with Crippen LogP contribution in [0.25, 0.3) is 15.9 Å². The maximum absolute atomic E-state index is 13.6. The molecule has 0 radical (unpaired) electrons. The van der Waals surface area contributed by atoms with Crippen LogP contribution in [-0.4, -0.2) is 33.0 Å². The second-order valence-electron chi connectivity index (χ2n) is 7.18. The van der Waals surface area contributed by atoms with E-state index in [1.54, 1.807) is 11.3 Å². The van der Waals surface area contributed by atoms with Gasteiger partial charge in [-0.25, -0.2) is 4.98 Å². The number of aryl methyl sites for hydroxylation is 1. The van der Waals surface area contributed by atoms with Crippen LogP contribution in [0.15, 0.2) is 34.2 Å². The molecular weight excluding hydrogens is 408 g/mol. The lowest BCUT2D eigenvalue weighted by Gasteiger charge is -2.17. The number of hydrogen-bond acceptors (Lipinski definition) is 6. The van der Waals surface area contributed by atoms with Crippen molar-refractivity contribution in [1.29, 1.82) is 0 Å². The first-order valence-corrected chi connectivity index (χ1v) is 11.4. The Balaban J connectivity index is 1.89. The third-order valence-corrected chi connectivity index (χ3v) is 7.10. The maximum Gasteiger partial charge on any atom is 0.313 e. The number of aromatic nitrogens is 2. The largest absolute Gasteiger partial charge is 0.494 e. The van der Waals surface area contributed by atoms with E-state index in [4.69, 9.17) is 14.8 Å². The number of carboxylic acid groups (broad SMARTS) is 1. The first-order chi connectivity index (χ1) is 14.0. The van der Waals surface area contributed by atoms with Gasteiger partial charge in [-0.2, -0.15) is 0 Å². The Morgan fingerprint density at radius 1 is 1.38 bits per heavy atom. The summed E-state index contributed by atoms with van der Waals surface area (Å²) in [5.41, 5.74) is 1.65. The topological polar surface area (TPSA) is 81.4 Å². The van der Waals surface area contributed by atoms with Gasteiger partial charge in [-0.05, 0) is 61.9 Å². The molecule has 0 spiro atoms.